The van der Waals surface area contributed by atoms with Crippen LogP contribution in [0.3, 0.4) is 0 Å². The molecule has 0 radical (unpaired) electrons. The van der Waals surface area contributed by atoms with Gasteiger partial charge in [-0.3, -0.25) is 4.79 Å². The number of halogens is 3. The summed E-state index contributed by atoms with van der Waals surface area (Å²) in [4.78, 5) is 13.6. The first kappa shape index (κ1) is 13.6. The molecule has 5 heteroatoms. The van der Waals surface area contributed by atoms with Crippen molar-refractivity contribution in [3.63, 3.8) is 0 Å². The Balaban J connectivity index is 2.06. The van der Waals surface area contributed by atoms with Crippen LogP contribution >= 0.6 is 23.2 Å². The predicted molar refractivity (Wildman–Crippen MR) is 70.7 cm³/mol. The maximum Gasteiger partial charge on any atom is 0.258 e. The van der Waals surface area contributed by atoms with E-state index in [-0.39, 0.29) is 21.9 Å². The summed E-state index contributed by atoms with van der Waals surface area (Å²) in [5, 5.41) is 0.367. The second kappa shape index (κ2) is 5.45. The minimum Gasteiger partial charge on any atom is -0.341 e. The molecule has 0 unspecified atom stereocenters. The van der Waals surface area contributed by atoms with Gasteiger partial charge in [0.2, 0.25) is 0 Å². The fourth-order valence-electron chi connectivity index (χ4n) is 2.17. The van der Waals surface area contributed by atoms with Gasteiger partial charge in [0.1, 0.15) is 5.82 Å². The standard InChI is InChI=1S/C13H14Cl2FNO/c1-17(7-8-5-9(14)6-8)13(18)12-10(15)3-2-4-11(12)16/h2-4,8-9H,5-7H2,1H3. The number of carbonyl (C=O) groups is 1. The Kier molecular flexibility index (Phi) is 4.13. The Morgan fingerprint density at radius 2 is 2.17 bits per heavy atom. The van der Waals surface area contributed by atoms with Crippen LogP contribution in [0.25, 0.3) is 0 Å². The Hall–Kier alpha value is -0.800. The van der Waals surface area contributed by atoms with Crippen molar-refractivity contribution in [2.45, 2.75) is 18.2 Å². The zero-order chi connectivity index (χ0) is 13.3. The van der Waals surface area contributed by atoms with Gasteiger partial charge in [0, 0.05) is 19.0 Å². The van der Waals surface area contributed by atoms with E-state index in [0.717, 1.165) is 12.8 Å². The molecule has 1 amide bonds. The largest absolute Gasteiger partial charge is 0.341 e. The van der Waals surface area contributed by atoms with E-state index in [1.807, 2.05) is 0 Å². The van der Waals surface area contributed by atoms with Crippen molar-refractivity contribution in [2.75, 3.05) is 13.6 Å². The Bertz CT molecular complexity index is 440. The summed E-state index contributed by atoms with van der Waals surface area (Å²) in [6.07, 6.45) is 1.81. The van der Waals surface area contributed by atoms with Gasteiger partial charge in [-0.1, -0.05) is 17.7 Å². The SMILES string of the molecule is CN(CC1CC(Cl)C1)C(=O)c1c(F)cccc1Cl. The summed E-state index contributed by atoms with van der Waals surface area (Å²) in [5.41, 5.74) is -0.0524. The fourth-order valence-corrected chi connectivity index (χ4v) is 2.91. The van der Waals surface area contributed by atoms with Crippen LogP contribution in [0, 0.1) is 11.7 Å². The van der Waals surface area contributed by atoms with Crippen molar-refractivity contribution in [2.24, 2.45) is 5.92 Å². The summed E-state index contributed by atoms with van der Waals surface area (Å²) in [5.74, 6) is -0.550. The van der Waals surface area contributed by atoms with Crippen molar-refractivity contribution in [3.05, 3.63) is 34.6 Å². The molecule has 0 spiro atoms. The lowest BCUT2D eigenvalue weighted by Gasteiger charge is -2.34. The number of hydrogen-bond donors (Lipinski definition) is 0. The molecule has 0 heterocycles. The lowest BCUT2D eigenvalue weighted by atomic mass is 9.84. The van der Waals surface area contributed by atoms with Gasteiger partial charge in [-0.25, -0.2) is 4.39 Å². The van der Waals surface area contributed by atoms with Crippen molar-refractivity contribution in [3.8, 4) is 0 Å². The van der Waals surface area contributed by atoms with Crippen molar-refractivity contribution < 1.29 is 9.18 Å². The first-order valence-corrected chi connectivity index (χ1v) is 6.64. The molecule has 0 atom stereocenters. The van der Waals surface area contributed by atoms with Crippen LogP contribution in [0.5, 0.6) is 0 Å². The number of amides is 1. The summed E-state index contributed by atoms with van der Waals surface area (Å²) in [6.45, 7) is 0.590. The third-order valence-electron chi connectivity index (χ3n) is 3.23. The van der Waals surface area contributed by atoms with Gasteiger partial charge in [0.25, 0.3) is 5.91 Å². The number of hydrogen-bond acceptors (Lipinski definition) is 1. The molecule has 1 aliphatic rings. The van der Waals surface area contributed by atoms with E-state index in [2.05, 4.69) is 0 Å². The van der Waals surface area contributed by atoms with Crippen LogP contribution in [-0.2, 0) is 0 Å². The van der Waals surface area contributed by atoms with Gasteiger partial charge in [0.15, 0.2) is 0 Å². The van der Waals surface area contributed by atoms with Crippen molar-refractivity contribution in [1.29, 1.82) is 0 Å². The van der Waals surface area contributed by atoms with E-state index >= 15 is 0 Å². The minimum atomic E-state index is -0.580. The highest BCUT2D eigenvalue weighted by molar-refractivity contribution is 6.33. The summed E-state index contributed by atoms with van der Waals surface area (Å²) >= 11 is 11.8. The van der Waals surface area contributed by atoms with Gasteiger partial charge in [-0.2, -0.15) is 0 Å². The van der Waals surface area contributed by atoms with Gasteiger partial charge >= 0.3 is 0 Å². The molecule has 0 aromatic heterocycles. The Morgan fingerprint density at radius 1 is 1.50 bits per heavy atom. The molecule has 0 N–H and O–H groups in total. The average Bonchev–Trinajstić information content (AvgIpc) is 2.26. The molecule has 1 aliphatic carbocycles. The maximum absolute atomic E-state index is 13.6. The topological polar surface area (TPSA) is 20.3 Å². The molecule has 0 aliphatic heterocycles. The fraction of sp³-hybridized carbons (Fsp3) is 0.462. The number of alkyl halides is 1. The van der Waals surface area contributed by atoms with E-state index in [0.29, 0.717) is 12.5 Å². The highest BCUT2D eigenvalue weighted by atomic mass is 35.5. The van der Waals surface area contributed by atoms with E-state index in [1.165, 1.54) is 23.1 Å². The summed E-state index contributed by atoms with van der Waals surface area (Å²) < 4.78 is 13.6. The maximum atomic E-state index is 13.6. The molecule has 1 saturated carbocycles. The van der Waals surface area contributed by atoms with E-state index in [1.54, 1.807) is 7.05 Å². The third kappa shape index (κ3) is 2.78. The molecule has 18 heavy (non-hydrogen) atoms. The normalized spacial score (nSPS) is 22.4. The third-order valence-corrected chi connectivity index (χ3v) is 3.90. The zero-order valence-electron chi connectivity index (χ0n) is 10.00. The van der Waals surface area contributed by atoms with E-state index < -0.39 is 5.82 Å². The molecule has 1 fully saturated rings. The first-order valence-electron chi connectivity index (χ1n) is 5.82. The zero-order valence-corrected chi connectivity index (χ0v) is 11.5. The number of nitrogens with zero attached hydrogens (tertiary/aromatic N) is 1. The molecule has 0 bridgehead atoms. The lowest BCUT2D eigenvalue weighted by Crippen LogP contribution is -2.38. The molecule has 1 aromatic rings. The van der Waals surface area contributed by atoms with Crippen LogP contribution in [-0.4, -0.2) is 29.8 Å². The molecule has 1 aromatic carbocycles. The summed E-state index contributed by atoms with van der Waals surface area (Å²) in [7, 11) is 1.66. The predicted octanol–water partition coefficient (Wildman–Crippen LogP) is 3.57. The summed E-state index contributed by atoms with van der Waals surface area (Å²) in [6, 6.07) is 4.24. The minimum absolute atomic E-state index is 0.0524. The quantitative estimate of drug-likeness (QED) is 0.779. The molecular formula is C13H14Cl2FNO. The van der Waals surface area contributed by atoms with Gasteiger partial charge in [-0.05, 0) is 30.9 Å². The average molecular weight is 290 g/mol. The van der Waals surface area contributed by atoms with Crippen molar-refractivity contribution >= 4 is 29.1 Å². The van der Waals surface area contributed by atoms with Crippen LogP contribution in [0.1, 0.15) is 23.2 Å². The van der Waals surface area contributed by atoms with Crippen molar-refractivity contribution in [1.82, 2.24) is 4.90 Å². The number of rotatable bonds is 3. The smallest absolute Gasteiger partial charge is 0.258 e. The Morgan fingerprint density at radius 3 is 2.72 bits per heavy atom. The van der Waals surface area contributed by atoms with Gasteiger partial charge < -0.3 is 4.90 Å². The Labute approximate surface area is 116 Å². The van der Waals surface area contributed by atoms with E-state index in [9.17, 15) is 9.18 Å². The number of carbonyl (C=O) groups excluding carboxylic acids is 1. The highest BCUT2D eigenvalue weighted by Gasteiger charge is 2.30. The van der Waals surface area contributed by atoms with Crippen LogP contribution in [0.2, 0.25) is 5.02 Å². The van der Waals surface area contributed by atoms with Gasteiger partial charge in [-0.15, -0.1) is 11.6 Å². The van der Waals surface area contributed by atoms with Crippen LogP contribution in [0.4, 0.5) is 4.39 Å². The van der Waals surface area contributed by atoms with Crippen LogP contribution < -0.4 is 0 Å². The first-order chi connectivity index (χ1) is 8.49. The monoisotopic (exact) mass is 289 g/mol. The molecule has 98 valence electrons. The van der Waals surface area contributed by atoms with E-state index in [4.69, 9.17) is 23.2 Å². The number of benzene rings is 1. The second-order valence-corrected chi connectivity index (χ2v) is 5.74. The highest BCUT2D eigenvalue weighted by Crippen LogP contribution is 2.32. The molecular weight excluding hydrogens is 276 g/mol. The molecule has 2 rings (SSSR count). The van der Waals surface area contributed by atoms with Gasteiger partial charge in [0.05, 0.1) is 10.6 Å². The van der Waals surface area contributed by atoms with Crippen LogP contribution in [0.15, 0.2) is 18.2 Å². The molecule has 2 nitrogen and oxygen atoms in total. The lowest BCUT2D eigenvalue weighted by molar-refractivity contribution is 0.0742. The molecule has 0 saturated heterocycles. The second-order valence-electron chi connectivity index (χ2n) is 4.72.